The molecule has 0 saturated heterocycles. The standard InChI is InChI=1S/C51H71N4O/c1-37-19-25-42(26-20-37)56-49-40(23-29-47-50(4,5)43-35-38(2)21-27-45(43)52(47)31-15-33-54(8,9)10)17-14-18-41(49)24-30-48-51(6,7)44-36-39(3)22-28-46(44)53(48)32-16-34-55(11,12)13/h19-30,35-36H,14-18,31-34H2,1-13H3/q+3. The maximum atomic E-state index is 6.97. The van der Waals surface area contributed by atoms with Crippen LogP contribution in [-0.4, -0.2) is 87.7 Å². The van der Waals surface area contributed by atoms with E-state index >= 15 is 0 Å². The van der Waals surface area contributed by atoms with Crippen molar-refractivity contribution >= 4 is 17.1 Å². The number of hydrogen-bond donors (Lipinski definition) is 0. The highest BCUT2D eigenvalue weighted by atomic mass is 16.5. The number of aryl methyl sites for hydroxylation is 3. The number of nitrogens with zero attached hydrogens (tertiary/aromatic N) is 4. The topological polar surface area (TPSA) is 15.5 Å². The molecule has 0 aromatic heterocycles. The predicted molar refractivity (Wildman–Crippen MR) is 239 cm³/mol. The monoisotopic (exact) mass is 756 g/mol. The van der Waals surface area contributed by atoms with Crippen LogP contribution in [0.5, 0.6) is 5.75 Å². The lowest BCUT2D eigenvalue weighted by molar-refractivity contribution is -0.871. The number of quaternary nitrogens is 2. The number of ether oxygens (including phenoxy) is 1. The molecule has 2 heterocycles. The lowest BCUT2D eigenvalue weighted by Crippen LogP contribution is -2.37. The van der Waals surface area contributed by atoms with Crippen LogP contribution < -0.4 is 9.64 Å². The Labute approximate surface area is 340 Å². The summed E-state index contributed by atoms with van der Waals surface area (Å²) in [6.07, 6.45) is 14.9. The summed E-state index contributed by atoms with van der Waals surface area (Å²) in [4.78, 5) is 2.60. The molecule has 3 aromatic carbocycles. The number of fused-ring (bicyclic) bond motifs is 2. The third-order valence-electron chi connectivity index (χ3n) is 12.1. The normalized spacial score (nSPS) is 19.5. The summed E-state index contributed by atoms with van der Waals surface area (Å²) in [7, 11) is 13.7. The lowest BCUT2D eigenvalue weighted by Gasteiger charge is -2.29. The molecular weight excluding hydrogens is 685 g/mol. The van der Waals surface area contributed by atoms with Crippen LogP contribution in [0, 0.1) is 20.8 Å². The van der Waals surface area contributed by atoms with Gasteiger partial charge in [0.25, 0.3) is 0 Å². The highest BCUT2D eigenvalue weighted by molar-refractivity contribution is 6.03. The molecule has 1 aliphatic carbocycles. The first-order valence-electron chi connectivity index (χ1n) is 21.1. The number of anilines is 1. The first-order valence-corrected chi connectivity index (χ1v) is 21.1. The maximum absolute atomic E-state index is 6.97. The van der Waals surface area contributed by atoms with Crippen LogP contribution >= 0.6 is 0 Å². The Morgan fingerprint density at radius 3 is 2.00 bits per heavy atom. The second-order valence-electron chi connectivity index (χ2n) is 19.9. The lowest BCUT2D eigenvalue weighted by atomic mass is 9.80. The average molecular weight is 756 g/mol. The van der Waals surface area contributed by atoms with E-state index in [2.05, 4.69) is 185 Å². The summed E-state index contributed by atoms with van der Waals surface area (Å²) < 4.78 is 11.5. The van der Waals surface area contributed by atoms with E-state index in [0.29, 0.717) is 0 Å². The second kappa shape index (κ2) is 16.0. The van der Waals surface area contributed by atoms with Gasteiger partial charge in [0.2, 0.25) is 5.69 Å². The van der Waals surface area contributed by atoms with Crippen LogP contribution in [0.25, 0.3) is 0 Å². The molecule has 5 nitrogen and oxygen atoms in total. The molecule has 0 bridgehead atoms. The van der Waals surface area contributed by atoms with Crippen LogP contribution in [0.3, 0.4) is 0 Å². The van der Waals surface area contributed by atoms with Crippen molar-refractivity contribution in [1.82, 2.24) is 0 Å². The molecular formula is C51H71N4O+3. The molecule has 56 heavy (non-hydrogen) atoms. The van der Waals surface area contributed by atoms with Crippen molar-refractivity contribution in [3.05, 3.63) is 135 Å². The first-order chi connectivity index (χ1) is 26.2. The zero-order chi connectivity index (χ0) is 40.6. The summed E-state index contributed by atoms with van der Waals surface area (Å²) in [5, 5.41) is 0. The minimum atomic E-state index is -0.110. The first kappa shape index (κ1) is 41.4. The molecule has 0 radical (unpaired) electrons. The van der Waals surface area contributed by atoms with Gasteiger partial charge in [0.05, 0.1) is 67.2 Å². The Kier molecular flexibility index (Phi) is 11.8. The van der Waals surface area contributed by atoms with Crippen molar-refractivity contribution in [2.45, 2.75) is 91.4 Å². The number of hydrogen-bond acceptors (Lipinski definition) is 2. The van der Waals surface area contributed by atoms with E-state index < -0.39 is 0 Å². The van der Waals surface area contributed by atoms with Gasteiger partial charge in [0.15, 0.2) is 12.3 Å². The van der Waals surface area contributed by atoms with E-state index in [0.717, 1.165) is 78.8 Å². The minimum Gasteiger partial charge on any atom is -0.457 e. The number of rotatable bonds is 13. The fraction of sp³-hybridized carbons (Fsp3) is 0.471. The Morgan fingerprint density at radius 2 is 1.32 bits per heavy atom. The molecule has 0 saturated carbocycles. The van der Waals surface area contributed by atoms with Gasteiger partial charge in [0.1, 0.15) is 11.5 Å². The van der Waals surface area contributed by atoms with Crippen LogP contribution in [-0.2, 0) is 10.8 Å². The molecule has 2 aliphatic heterocycles. The minimum absolute atomic E-state index is 0.110. The highest BCUT2D eigenvalue weighted by Crippen LogP contribution is 2.48. The van der Waals surface area contributed by atoms with Crippen molar-refractivity contribution in [2.24, 2.45) is 0 Å². The van der Waals surface area contributed by atoms with E-state index in [1.807, 2.05) is 0 Å². The Balaban J connectivity index is 1.44. The van der Waals surface area contributed by atoms with Gasteiger partial charge in [-0.1, -0.05) is 66.9 Å². The number of benzene rings is 3. The second-order valence-corrected chi connectivity index (χ2v) is 19.9. The molecule has 5 heteroatoms. The van der Waals surface area contributed by atoms with Crippen molar-refractivity contribution in [2.75, 3.05) is 73.4 Å². The molecule has 3 aromatic rings. The largest absolute Gasteiger partial charge is 0.457 e. The Morgan fingerprint density at radius 1 is 0.696 bits per heavy atom. The maximum Gasteiger partial charge on any atom is 0.209 e. The number of allylic oxidation sites excluding steroid dienone is 7. The summed E-state index contributed by atoms with van der Waals surface area (Å²) in [5.41, 5.74) is 14.5. The summed E-state index contributed by atoms with van der Waals surface area (Å²) >= 11 is 0. The fourth-order valence-electron chi connectivity index (χ4n) is 8.90. The Bertz CT molecular complexity index is 2090. The summed E-state index contributed by atoms with van der Waals surface area (Å²) in [5.74, 6) is 1.90. The molecule has 0 spiro atoms. The summed E-state index contributed by atoms with van der Waals surface area (Å²) in [6, 6.07) is 22.6. The van der Waals surface area contributed by atoms with Gasteiger partial charge in [-0.05, 0) is 107 Å². The average Bonchev–Trinajstić information content (AvgIpc) is 3.44. The Hall–Kier alpha value is -4.19. The van der Waals surface area contributed by atoms with Crippen LogP contribution in [0.4, 0.5) is 11.4 Å². The van der Waals surface area contributed by atoms with Gasteiger partial charge in [-0.15, -0.1) is 0 Å². The zero-order valence-corrected chi connectivity index (χ0v) is 37.1. The van der Waals surface area contributed by atoms with Gasteiger partial charge in [-0.25, -0.2) is 0 Å². The molecule has 0 N–H and O–H groups in total. The van der Waals surface area contributed by atoms with Gasteiger partial charge in [0, 0.05) is 47.5 Å². The van der Waals surface area contributed by atoms with Crippen LogP contribution in [0.15, 0.2) is 108 Å². The SMILES string of the molecule is Cc1ccc(OC2=C(/C=C/C3=[N+](CCC[N+](C)(C)C)c4ccc(C)cc4C3(C)C)CCC/C2=C\C=C2\N(CCC[N+](C)(C)C)c3ccc(C)cc3C2(C)C)cc1. The van der Waals surface area contributed by atoms with Crippen LogP contribution in [0.2, 0.25) is 0 Å². The van der Waals surface area contributed by atoms with Crippen molar-refractivity contribution in [3.63, 3.8) is 0 Å². The quantitative estimate of drug-likeness (QED) is 0.128. The van der Waals surface area contributed by atoms with Crippen LogP contribution in [0.1, 0.15) is 87.6 Å². The van der Waals surface area contributed by atoms with Gasteiger partial charge < -0.3 is 18.6 Å². The molecule has 0 atom stereocenters. The zero-order valence-electron chi connectivity index (χ0n) is 37.1. The molecule has 298 valence electrons. The van der Waals surface area contributed by atoms with Crippen molar-refractivity contribution in [3.8, 4) is 5.75 Å². The van der Waals surface area contributed by atoms with E-state index in [9.17, 15) is 0 Å². The molecule has 0 amide bonds. The van der Waals surface area contributed by atoms with Gasteiger partial charge in [-0.2, -0.15) is 4.58 Å². The van der Waals surface area contributed by atoms with Gasteiger partial charge in [-0.3, -0.25) is 0 Å². The van der Waals surface area contributed by atoms with Gasteiger partial charge >= 0.3 is 0 Å². The predicted octanol–water partition coefficient (Wildman–Crippen LogP) is 10.9. The summed E-state index contributed by atoms with van der Waals surface area (Å²) in [6.45, 7) is 20.4. The fourth-order valence-corrected chi connectivity index (χ4v) is 8.90. The van der Waals surface area contributed by atoms with E-state index in [1.165, 1.54) is 61.7 Å². The van der Waals surface area contributed by atoms with E-state index in [1.54, 1.807) is 0 Å². The molecule has 3 aliphatic rings. The van der Waals surface area contributed by atoms with E-state index in [-0.39, 0.29) is 10.8 Å². The van der Waals surface area contributed by atoms with E-state index in [4.69, 9.17) is 4.74 Å². The van der Waals surface area contributed by atoms with Crippen molar-refractivity contribution in [1.29, 1.82) is 0 Å². The molecule has 6 rings (SSSR count). The third kappa shape index (κ3) is 9.16. The van der Waals surface area contributed by atoms with Crippen molar-refractivity contribution < 1.29 is 18.3 Å². The molecule has 0 fully saturated rings. The third-order valence-corrected chi connectivity index (χ3v) is 12.1. The molecule has 0 unspecified atom stereocenters. The smallest absolute Gasteiger partial charge is 0.209 e. The highest BCUT2D eigenvalue weighted by Gasteiger charge is 2.44.